The number of unbranched alkanes of at least 4 members (excludes halogenated alkanes) is 9. The third kappa shape index (κ3) is 15.5. The zero-order valence-electron chi connectivity index (χ0n) is 18.1. The van der Waals surface area contributed by atoms with Gasteiger partial charge in [-0.05, 0) is 32.4 Å². The van der Waals surface area contributed by atoms with Crippen molar-refractivity contribution in [1.82, 2.24) is 4.90 Å². The van der Waals surface area contributed by atoms with Crippen LogP contribution in [0.5, 0.6) is 0 Å². The van der Waals surface area contributed by atoms with Gasteiger partial charge in [0, 0.05) is 6.54 Å². The zero-order valence-corrected chi connectivity index (χ0v) is 18.1. The molecule has 0 bridgehead atoms. The number of ether oxygens (including phenoxy) is 2. The molecule has 0 heterocycles. The molecule has 156 valence electrons. The Balaban J connectivity index is 3.59. The summed E-state index contributed by atoms with van der Waals surface area (Å²) in [7, 11) is 0. The lowest BCUT2D eigenvalue weighted by Gasteiger charge is -2.19. The minimum Gasteiger partial charge on any atom is -0.433 e. The van der Waals surface area contributed by atoms with Crippen LogP contribution in [-0.2, 0) is 9.47 Å². The summed E-state index contributed by atoms with van der Waals surface area (Å²) < 4.78 is 10.7. The number of hydrogen-bond donors (Lipinski definition) is 0. The summed E-state index contributed by atoms with van der Waals surface area (Å²) in [5, 5.41) is 0. The normalized spacial score (nSPS) is 12.3. The molecule has 0 aliphatic heterocycles. The Labute approximate surface area is 163 Å². The molecule has 0 aliphatic rings. The smallest absolute Gasteiger partial charge is 0.433 e. The predicted octanol–water partition coefficient (Wildman–Crippen LogP) is 6.57. The molecule has 1 atom stereocenters. The number of hydrogen-bond acceptors (Lipinski definition) is 4. The molecule has 0 aromatic carbocycles. The second-order valence-electron chi connectivity index (χ2n) is 7.24. The van der Waals surface area contributed by atoms with Crippen molar-refractivity contribution < 1.29 is 14.3 Å². The predicted molar refractivity (Wildman–Crippen MR) is 111 cm³/mol. The second-order valence-corrected chi connectivity index (χ2v) is 7.24. The summed E-state index contributed by atoms with van der Waals surface area (Å²) in [5.41, 5.74) is 0. The Morgan fingerprint density at radius 1 is 0.808 bits per heavy atom. The van der Waals surface area contributed by atoms with E-state index in [1.165, 1.54) is 57.8 Å². The average molecular weight is 372 g/mol. The first kappa shape index (κ1) is 25.2. The molecule has 0 fully saturated rings. The van der Waals surface area contributed by atoms with Crippen LogP contribution in [0.2, 0.25) is 0 Å². The van der Waals surface area contributed by atoms with E-state index in [9.17, 15) is 4.79 Å². The summed E-state index contributed by atoms with van der Waals surface area (Å²) >= 11 is 0. The van der Waals surface area contributed by atoms with E-state index < -0.39 is 6.16 Å². The lowest BCUT2D eigenvalue weighted by Crippen LogP contribution is -2.28. The van der Waals surface area contributed by atoms with Gasteiger partial charge in [-0.25, -0.2) is 4.79 Å². The van der Waals surface area contributed by atoms with Crippen LogP contribution in [0.4, 0.5) is 4.79 Å². The van der Waals surface area contributed by atoms with Crippen LogP contribution in [0, 0.1) is 0 Å². The van der Waals surface area contributed by atoms with Gasteiger partial charge in [0.2, 0.25) is 0 Å². The fourth-order valence-electron chi connectivity index (χ4n) is 3.17. The summed E-state index contributed by atoms with van der Waals surface area (Å²) in [6.07, 6.45) is 14.6. The number of likely N-dealkylation sites (N-methyl/N-ethyl adjacent to an activating group) is 1. The maximum atomic E-state index is 11.8. The summed E-state index contributed by atoms with van der Waals surface area (Å²) in [6.45, 7) is 11.7. The maximum Gasteiger partial charge on any atom is 0.508 e. The van der Waals surface area contributed by atoms with Crippen molar-refractivity contribution in [1.29, 1.82) is 0 Å². The first-order valence-corrected chi connectivity index (χ1v) is 11.2. The highest BCUT2D eigenvalue weighted by Crippen LogP contribution is 2.14. The summed E-state index contributed by atoms with van der Waals surface area (Å²) in [6, 6.07) is 0. The summed E-state index contributed by atoms with van der Waals surface area (Å²) in [4.78, 5) is 14.0. The number of nitrogens with zero attached hydrogens (tertiary/aromatic N) is 1. The van der Waals surface area contributed by atoms with E-state index in [-0.39, 0.29) is 6.10 Å². The largest absolute Gasteiger partial charge is 0.508 e. The van der Waals surface area contributed by atoms with Gasteiger partial charge in [-0.15, -0.1) is 0 Å². The van der Waals surface area contributed by atoms with Crippen molar-refractivity contribution in [2.45, 2.75) is 111 Å². The van der Waals surface area contributed by atoms with E-state index in [1.807, 2.05) is 0 Å². The maximum absolute atomic E-state index is 11.8. The molecule has 4 nitrogen and oxygen atoms in total. The zero-order chi connectivity index (χ0) is 19.5. The van der Waals surface area contributed by atoms with Gasteiger partial charge in [-0.1, -0.05) is 85.5 Å². The molecule has 0 amide bonds. The van der Waals surface area contributed by atoms with Gasteiger partial charge >= 0.3 is 6.16 Å². The van der Waals surface area contributed by atoms with Crippen LogP contribution in [0.3, 0.4) is 0 Å². The van der Waals surface area contributed by atoms with Gasteiger partial charge in [0.1, 0.15) is 12.7 Å². The van der Waals surface area contributed by atoms with E-state index in [0.29, 0.717) is 6.61 Å². The highest BCUT2D eigenvalue weighted by Gasteiger charge is 2.13. The first-order chi connectivity index (χ1) is 12.7. The minimum absolute atomic E-state index is 0.00463. The fourth-order valence-corrected chi connectivity index (χ4v) is 3.17. The topological polar surface area (TPSA) is 38.8 Å². The molecule has 0 radical (unpaired) electrons. The van der Waals surface area contributed by atoms with Crippen LogP contribution in [0.15, 0.2) is 0 Å². The van der Waals surface area contributed by atoms with E-state index in [1.54, 1.807) is 0 Å². The standard InChI is InChI=1S/C22H45NO3/c1-5-9-10-11-12-13-14-15-16-17-18-21(6-2)26-22(24)25-20-19-23(7-3)8-4/h21H,5-20H2,1-4H3. The van der Waals surface area contributed by atoms with Crippen molar-refractivity contribution in [3.63, 3.8) is 0 Å². The fraction of sp³-hybridized carbons (Fsp3) is 0.955. The van der Waals surface area contributed by atoms with E-state index in [4.69, 9.17) is 9.47 Å². The monoisotopic (exact) mass is 371 g/mol. The SMILES string of the molecule is CCCCCCCCCCCCC(CC)OC(=O)OCCN(CC)CC. The van der Waals surface area contributed by atoms with Crippen molar-refractivity contribution in [2.24, 2.45) is 0 Å². The van der Waals surface area contributed by atoms with Crippen molar-refractivity contribution in [2.75, 3.05) is 26.2 Å². The van der Waals surface area contributed by atoms with E-state index in [2.05, 4.69) is 32.6 Å². The highest BCUT2D eigenvalue weighted by molar-refractivity contribution is 5.60. The molecule has 4 heteroatoms. The third-order valence-corrected chi connectivity index (χ3v) is 5.12. The minimum atomic E-state index is -0.504. The van der Waals surface area contributed by atoms with Crippen molar-refractivity contribution in [3.05, 3.63) is 0 Å². The Morgan fingerprint density at radius 3 is 1.85 bits per heavy atom. The van der Waals surface area contributed by atoms with Gasteiger partial charge < -0.3 is 14.4 Å². The van der Waals surface area contributed by atoms with Crippen LogP contribution in [-0.4, -0.2) is 43.4 Å². The van der Waals surface area contributed by atoms with Gasteiger partial charge in [0.05, 0.1) is 0 Å². The quantitative estimate of drug-likeness (QED) is 0.202. The number of carbonyl (C=O) groups excluding carboxylic acids is 1. The highest BCUT2D eigenvalue weighted by atomic mass is 16.7. The Bertz CT molecular complexity index is 306. The molecule has 26 heavy (non-hydrogen) atoms. The Kier molecular flexibility index (Phi) is 18.4. The first-order valence-electron chi connectivity index (χ1n) is 11.2. The summed E-state index contributed by atoms with van der Waals surface area (Å²) in [5.74, 6) is 0. The second kappa shape index (κ2) is 19.0. The number of rotatable bonds is 18. The lowest BCUT2D eigenvalue weighted by molar-refractivity contribution is 0.0147. The van der Waals surface area contributed by atoms with Gasteiger partial charge in [0.15, 0.2) is 0 Å². The third-order valence-electron chi connectivity index (χ3n) is 5.12. The molecule has 0 aliphatic carbocycles. The Hall–Kier alpha value is -0.770. The van der Waals surface area contributed by atoms with E-state index in [0.717, 1.165) is 38.9 Å². The molecule has 0 aromatic heterocycles. The number of carbonyl (C=O) groups is 1. The average Bonchev–Trinajstić information content (AvgIpc) is 2.65. The van der Waals surface area contributed by atoms with Crippen LogP contribution < -0.4 is 0 Å². The van der Waals surface area contributed by atoms with Gasteiger partial charge in [-0.2, -0.15) is 0 Å². The molecule has 0 saturated heterocycles. The van der Waals surface area contributed by atoms with Gasteiger partial charge in [-0.3, -0.25) is 0 Å². The van der Waals surface area contributed by atoms with Crippen molar-refractivity contribution >= 4 is 6.16 Å². The molecular formula is C22H45NO3. The molecule has 0 N–H and O–H groups in total. The van der Waals surface area contributed by atoms with Crippen molar-refractivity contribution in [3.8, 4) is 0 Å². The molecule has 0 spiro atoms. The molecule has 0 rings (SSSR count). The molecule has 0 saturated carbocycles. The van der Waals surface area contributed by atoms with Crippen LogP contribution >= 0.6 is 0 Å². The lowest BCUT2D eigenvalue weighted by atomic mass is 10.0. The molecule has 1 unspecified atom stereocenters. The van der Waals surface area contributed by atoms with Crippen LogP contribution in [0.1, 0.15) is 105 Å². The molecule has 0 aromatic rings. The van der Waals surface area contributed by atoms with Crippen LogP contribution in [0.25, 0.3) is 0 Å². The van der Waals surface area contributed by atoms with Gasteiger partial charge in [0.25, 0.3) is 0 Å². The Morgan fingerprint density at radius 2 is 1.35 bits per heavy atom. The molecular weight excluding hydrogens is 326 g/mol. The van der Waals surface area contributed by atoms with E-state index >= 15 is 0 Å².